The van der Waals surface area contributed by atoms with E-state index in [9.17, 15) is 4.79 Å². The van der Waals surface area contributed by atoms with E-state index in [0.717, 1.165) is 12.3 Å². The second-order valence-corrected chi connectivity index (χ2v) is 5.71. The summed E-state index contributed by atoms with van der Waals surface area (Å²) >= 11 is 0. The van der Waals surface area contributed by atoms with Crippen molar-refractivity contribution in [3.63, 3.8) is 0 Å². The molecule has 1 unspecified atom stereocenters. The fourth-order valence-corrected chi connectivity index (χ4v) is 1.93. The summed E-state index contributed by atoms with van der Waals surface area (Å²) in [7, 11) is 0. The molecule has 0 aliphatic rings. The van der Waals surface area contributed by atoms with E-state index >= 15 is 0 Å². The number of esters is 1. The Morgan fingerprint density at radius 1 is 1.11 bits per heavy atom. The maximum atomic E-state index is 10.6. The van der Waals surface area contributed by atoms with Crippen LogP contribution in [0.2, 0.25) is 0 Å². The Balaban J connectivity index is 3.65. The van der Waals surface area contributed by atoms with Crippen LogP contribution in [0.5, 0.6) is 0 Å². The van der Waals surface area contributed by atoms with Gasteiger partial charge < -0.3 is 4.74 Å². The van der Waals surface area contributed by atoms with E-state index in [4.69, 9.17) is 4.74 Å². The Bertz CT molecular complexity index is 309. The smallest absolute Gasteiger partial charge is 0.302 e. The molecule has 0 saturated heterocycles. The maximum absolute atomic E-state index is 10.6. The third-order valence-electron chi connectivity index (χ3n) is 3.20. The highest BCUT2D eigenvalue weighted by Gasteiger charge is 2.01. The van der Waals surface area contributed by atoms with Crippen molar-refractivity contribution in [3.05, 3.63) is 23.3 Å². The molecule has 0 aliphatic heterocycles. The van der Waals surface area contributed by atoms with E-state index in [1.165, 1.54) is 43.8 Å². The van der Waals surface area contributed by atoms with E-state index in [1.54, 1.807) is 0 Å². The zero-order valence-electron chi connectivity index (χ0n) is 13.3. The molecule has 0 fully saturated rings. The second-order valence-electron chi connectivity index (χ2n) is 5.71. The molecule has 0 aliphatic carbocycles. The average molecular weight is 266 g/mol. The van der Waals surface area contributed by atoms with Gasteiger partial charge in [-0.25, -0.2) is 0 Å². The Labute approximate surface area is 118 Å². The maximum Gasteiger partial charge on any atom is 0.302 e. The van der Waals surface area contributed by atoms with Gasteiger partial charge in [0.25, 0.3) is 0 Å². The van der Waals surface area contributed by atoms with E-state index in [1.807, 2.05) is 6.08 Å². The van der Waals surface area contributed by atoms with E-state index in [-0.39, 0.29) is 5.97 Å². The highest BCUT2D eigenvalue weighted by atomic mass is 16.5. The molecule has 19 heavy (non-hydrogen) atoms. The van der Waals surface area contributed by atoms with Crippen molar-refractivity contribution in [2.75, 3.05) is 6.61 Å². The molecule has 110 valence electrons. The number of hydrogen-bond acceptors (Lipinski definition) is 2. The number of rotatable bonds is 9. The van der Waals surface area contributed by atoms with Crippen molar-refractivity contribution in [3.8, 4) is 0 Å². The predicted molar refractivity (Wildman–Crippen MR) is 82.1 cm³/mol. The van der Waals surface area contributed by atoms with Gasteiger partial charge in [-0.3, -0.25) is 4.79 Å². The van der Waals surface area contributed by atoms with Gasteiger partial charge in [0, 0.05) is 6.92 Å². The minimum absolute atomic E-state index is 0.211. The summed E-state index contributed by atoms with van der Waals surface area (Å²) in [6.07, 6.45) is 10.4. The molecule has 0 saturated carbocycles. The SMILES string of the molecule is CC(=O)OCC=C(C)CCCC(C)CCC=C(C)C. The van der Waals surface area contributed by atoms with Crippen LogP contribution in [-0.2, 0) is 9.53 Å². The number of carbonyl (C=O) groups is 1. The van der Waals surface area contributed by atoms with Crippen molar-refractivity contribution in [1.29, 1.82) is 0 Å². The molecule has 0 aromatic carbocycles. The highest BCUT2D eigenvalue weighted by molar-refractivity contribution is 5.66. The summed E-state index contributed by atoms with van der Waals surface area (Å²) in [4.78, 5) is 10.6. The Morgan fingerprint density at radius 3 is 2.37 bits per heavy atom. The fraction of sp³-hybridized carbons (Fsp3) is 0.706. The lowest BCUT2D eigenvalue weighted by atomic mass is 9.97. The lowest BCUT2D eigenvalue weighted by molar-refractivity contribution is -0.139. The molecule has 2 heteroatoms. The van der Waals surface area contributed by atoms with Crippen LogP contribution in [0.15, 0.2) is 23.3 Å². The number of allylic oxidation sites excluding steroid dienone is 3. The van der Waals surface area contributed by atoms with E-state index in [2.05, 4.69) is 33.8 Å². The molecule has 0 aromatic rings. The first-order valence-electron chi connectivity index (χ1n) is 7.34. The summed E-state index contributed by atoms with van der Waals surface area (Å²) in [5.74, 6) is 0.578. The number of ether oxygens (including phenoxy) is 1. The lowest BCUT2D eigenvalue weighted by Gasteiger charge is -2.10. The molecule has 0 aromatic heterocycles. The van der Waals surface area contributed by atoms with Crippen molar-refractivity contribution in [2.45, 2.75) is 66.7 Å². The average Bonchev–Trinajstić information content (AvgIpc) is 2.27. The van der Waals surface area contributed by atoms with Gasteiger partial charge in [0.1, 0.15) is 6.61 Å². The highest BCUT2D eigenvalue weighted by Crippen LogP contribution is 2.17. The molecule has 0 spiro atoms. The third kappa shape index (κ3) is 13.2. The molecule has 0 heterocycles. The van der Waals surface area contributed by atoms with Crippen LogP contribution in [0.1, 0.15) is 66.7 Å². The molecule has 2 nitrogen and oxygen atoms in total. The van der Waals surface area contributed by atoms with Crippen molar-refractivity contribution in [2.24, 2.45) is 5.92 Å². The molecule has 0 radical (unpaired) electrons. The van der Waals surface area contributed by atoms with Crippen molar-refractivity contribution >= 4 is 5.97 Å². The van der Waals surface area contributed by atoms with Gasteiger partial charge in [-0.1, -0.05) is 30.6 Å². The van der Waals surface area contributed by atoms with Crippen molar-refractivity contribution < 1.29 is 9.53 Å². The molecular formula is C17H30O2. The van der Waals surface area contributed by atoms with Crippen LogP contribution < -0.4 is 0 Å². The minimum Gasteiger partial charge on any atom is -0.462 e. The van der Waals surface area contributed by atoms with Crippen LogP contribution >= 0.6 is 0 Å². The van der Waals surface area contributed by atoms with Gasteiger partial charge >= 0.3 is 5.97 Å². The van der Waals surface area contributed by atoms with Gasteiger partial charge in [-0.2, -0.15) is 0 Å². The van der Waals surface area contributed by atoms with Crippen LogP contribution in [-0.4, -0.2) is 12.6 Å². The van der Waals surface area contributed by atoms with Gasteiger partial charge in [0.15, 0.2) is 0 Å². The van der Waals surface area contributed by atoms with Gasteiger partial charge in [0.05, 0.1) is 0 Å². The van der Waals surface area contributed by atoms with Gasteiger partial charge in [0.2, 0.25) is 0 Å². The van der Waals surface area contributed by atoms with Crippen LogP contribution in [0, 0.1) is 5.92 Å². The fourth-order valence-electron chi connectivity index (χ4n) is 1.93. The molecular weight excluding hydrogens is 236 g/mol. The molecule has 0 amide bonds. The van der Waals surface area contributed by atoms with Crippen molar-refractivity contribution in [1.82, 2.24) is 0 Å². The lowest BCUT2D eigenvalue weighted by Crippen LogP contribution is -1.98. The van der Waals surface area contributed by atoms with E-state index < -0.39 is 0 Å². The second kappa shape index (κ2) is 10.8. The van der Waals surface area contributed by atoms with Crippen LogP contribution in [0.3, 0.4) is 0 Å². The summed E-state index contributed by atoms with van der Waals surface area (Å²) in [6, 6.07) is 0. The first-order chi connectivity index (χ1) is 8.91. The van der Waals surface area contributed by atoms with Crippen LogP contribution in [0.4, 0.5) is 0 Å². The molecule has 1 atom stereocenters. The third-order valence-corrected chi connectivity index (χ3v) is 3.20. The first-order valence-corrected chi connectivity index (χ1v) is 7.34. The van der Waals surface area contributed by atoms with E-state index in [0.29, 0.717) is 6.61 Å². The summed E-state index contributed by atoms with van der Waals surface area (Å²) in [6.45, 7) is 10.6. The quantitative estimate of drug-likeness (QED) is 0.431. The first kappa shape index (κ1) is 17.9. The Morgan fingerprint density at radius 2 is 1.79 bits per heavy atom. The standard InChI is InChI=1S/C17H30O2/c1-14(2)8-6-9-15(3)10-7-11-16(4)12-13-19-17(5)18/h8,12,15H,6-7,9-11,13H2,1-5H3. The van der Waals surface area contributed by atoms with Crippen LogP contribution in [0.25, 0.3) is 0 Å². The zero-order chi connectivity index (χ0) is 14.7. The van der Waals surface area contributed by atoms with Gasteiger partial charge in [-0.05, 0) is 58.4 Å². The summed E-state index contributed by atoms with van der Waals surface area (Å²) in [5.41, 5.74) is 2.73. The Hall–Kier alpha value is -1.05. The zero-order valence-corrected chi connectivity index (χ0v) is 13.3. The number of carbonyl (C=O) groups excluding carboxylic acids is 1. The topological polar surface area (TPSA) is 26.3 Å². The normalized spacial score (nSPS) is 13.0. The largest absolute Gasteiger partial charge is 0.462 e. The van der Waals surface area contributed by atoms with Gasteiger partial charge in [-0.15, -0.1) is 0 Å². The molecule has 0 bridgehead atoms. The number of hydrogen-bond donors (Lipinski definition) is 0. The monoisotopic (exact) mass is 266 g/mol. The minimum atomic E-state index is -0.211. The Kier molecular flexibility index (Phi) is 10.2. The summed E-state index contributed by atoms with van der Waals surface area (Å²) in [5, 5.41) is 0. The molecule has 0 N–H and O–H groups in total. The summed E-state index contributed by atoms with van der Waals surface area (Å²) < 4.78 is 4.89. The predicted octanol–water partition coefficient (Wildman–Crippen LogP) is 5.05. The molecule has 0 rings (SSSR count).